The van der Waals surface area contributed by atoms with Crippen LogP contribution in [0.15, 0.2) is 60.8 Å². The number of rotatable bonds is 6. The van der Waals surface area contributed by atoms with Crippen LogP contribution in [0.1, 0.15) is 18.5 Å². The molecule has 0 aliphatic heterocycles. The fourth-order valence-electron chi connectivity index (χ4n) is 2.49. The molecule has 0 radical (unpaired) electrons. The van der Waals surface area contributed by atoms with Crippen LogP contribution >= 0.6 is 0 Å². The van der Waals surface area contributed by atoms with Crippen molar-refractivity contribution >= 4 is 11.4 Å². The highest BCUT2D eigenvalue weighted by atomic mass is 16.3. The van der Waals surface area contributed by atoms with Crippen molar-refractivity contribution in [2.45, 2.75) is 19.4 Å². The third-order valence-corrected chi connectivity index (χ3v) is 4.27. The topological polar surface area (TPSA) is 82.3 Å². The van der Waals surface area contributed by atoms with Crippen molar-refractivity contribution in [2.24, 2.45) is 13.0 Å². The number of hydrogen-bond acceptors (Lipinski definition) is 5. The lowest BCUT2D eigenvalue weighted by atomic mass is 10.3. The van der Waals surface area contributed by atoms with Crippen molar-refractivity contribution in [2.75, 3.05) is 17.2 Å². The Kier molecular flexibility index (Phi) is 6.20. The van der Waals surface area contributed by atoms with Crippen molar-refractivity contribution in [1.82, 2.24) is 9.78 Å². The minimum Gasteiger partial charge on any atom is -0.508 e. The molecule has 0 saturated heterocycles. The van der Waals surface area contributed by atoms with E-state index < -0.39 is 0 Å². The molecule has 1 aromatic heterocycles. The monoisotopic (exact) mass is 366 g/mol. The molecule has 0 amide bonds. The minimum absolute atomic E-state index is 0.276. The predicted octanol–water partition coefficient (Wildman–Crippen LogP) is 3.95. The Morgan fingerprint density at radius 1 is 0.889 bits per heavy atom. The van der Waals surface area contributed by atoms with E-state index in [4.69, 9.17) is 10.2 Å². The van der Waals surface area contributed by atoms with Crippen LogP contribution in [0.4, 0.5) is 11.4 Å². The third-order valence-electron chi connectivity index (χ3n) is 4.27. The lowest BCUT2D eigenvalue weighted by Crippen LogP contribution is -2.02. The van der Waals surface area contributed by atoms with Gasteiger partial charge >= 0.3 is 0 Å². The van der Waals surface area contributed by atoms with Crippen LogP contribution in [0, 0.1) is 5.92 Å². The van der Waals surface area contributed by atoms with E-state index in [-0.39, 0.29) is 5.75 Å². The van der Waals surface area contributed by atoms with Crippen molar-refractivity contribution in [3.05, 3.63) is 66.5 Å². The van der Waals surface area contributed by atoms with Gasteiger partial charge < -0.3 is 20.8 Å². The molecule has 1 fully saturated rings. The molecular formula is C21H26N4O2. The maximum atomic E-state index is 9.10. The Balaban J connectivity index is 0.000000159. The first-order chi connectivity index (χ1) is 13.1. The third kappa shape index (κ3) is 6.58. The number of aryl methyl sites for hydroxylation is 1. The zero-order valence-corrected chi connectivity index (χ0v) is 15.5. The van der Waals surface area contributed by atoms with Crippen LogP contribution in [0.2, 0.25) is 0 Å². The van der Waals surface area contributed by atoms with Crippen LogP contribution in [0.3, 0.4) is 0 Å². The van der Waals surface area contributed by atoms with Gasteiger partial charge in [0, 0.05) is 31.2 Å². The van der Waals surface area contributed by atoms with Crippen molar-refractivity contribution in [3.63, 3.8) is 0 Å². The molecule has 142 valence electrons. The number of benzene rings is 2. The van der Waals surface area contributed by atoms with Gasteiger partial charge in [-0.25, -0.2) is 0 Å². The van der Waals surface area contributed by atoms with Gasteiger partial charge in [-0.3, -0.25) is 4.68 Å². The zero-order valence-electron chi connectivity index (χ0n) is 15.5. The summed E-state index contributed by atoms with van der Waals surface area (Å²) < 4.78 is 1.77. The number of phenolic OH excluding ortho intramolecular Hbond substituents is 2. The van der Waals surface area contributed by atoms with Crippen molar-refractivity contribution in [1.29, 1.82) is 0 Å². The molecule has 0 bridgehead atoms. The van der Waals surface area contributed by atoms with E-state index in [1.54, 1.807) is 28.9 Å². The molecule has 4 rings (SSSR count). The normalized spacial score (nSPS) is 12.8. The fourth-order valence-corrected chi connectivity index (χ4v) is 2.49. The summed E-state index contributed by atoms with van der Waals surface area (Å²) in [6.07, 6.45) is 4.64. The lowest BCUT2D eigenvalue weighted by molar-refractivity contribution is 0.475. The molecule has 1 saturated carbocycles. The van der Waals surface area contributed by atoms with E-state index >= 15 is 0 Å². The first-order valence-corrected chi connectivity index (χ1v) is 9.13. The maximum absolute atomic E-state index is 9.10. The smallest absolute Gasteiger partial charge is 0.115 e. The van der Waals surface area contributed by atoms with Gasteiger partial charge in [0.1, 0.15) is 11.5 Å². The summed E-state index contributed by atoms with van der Waals surface area (Å²) in [6.45, 7) is 1.76. The van der Waals surface area contributed by atoms with Gasteiger partial charge in [-0.05, 0) is 73.4 Å². The highest BCUT2D eigenvalue weighted by molar-refractivity contribution is 5.46. The van der Waals surface area contributed by atoms with E-state index in [9.17, 15) is 0 Å². The summed E-state index contributed by atoms with van der Waals surface area (Å²) in [6, 6.07) is 16.1. The molecule has 3 aromatic rings. The Morgan fingerprint density at radius 3 is 1.93 bits per heavy atom. The summed E-state index contributed by atoms with van der Waals surface area (Å²) in [5.41, 5.74) is 3.06. The summed E-state index contributed by atoms with van der Waals surface area (Å²) in [7, 11) is 1.89. The average Bonchev–Trinajstić information content (AvgIpc) is 3.41. The molecule has 1 aliphatic rings. The fraction of sp³-hybridized carbons (Fsp3) is 0.286. The SMILES string of the molecule is Cn1ccc(CNc2ccc(O)cc2)n1.Oc1ccc(NCC2CC2)cc1. The largest absolute Gasteiger partial charge is 0.508 e. The Morgan fingerprint density at radius 2 is 1.44 bits per heavy atom. The maximum Gasteiger partial charge on any atom is 0.115 e. The highest BCUT2D eigenvalue weighted by Gasteiger charge is 2.20. The predicted molar refractivity (Wildman–Crippen MR) is 108 cm³/mol. The van der Waals surface area contributed by atoms with Gasteiger partial charge in [0.05, 0.1) is 12.2 Å². The number of nitrogens with zero attached hydrogens (tertiary/aromatic N) is 2. The quantitative estimate of drug-likeness (QED) is 0.497. The lowest BCUT2D eigenvalue weighted by Gasteiger charge is -2.04. The number of anilines is 2. The molecule has 1 heterocycles. The van der Waals surface area contributed by atoms with Crippen LogP contribution in [0.5, 0.6) is 11.5 Å². The molecule has 2 aromatic carbocycles. The molecule has 4 N–H and O–H groups in total. The molecule has 6 heteroatoms. The van der Waals surface area contributed by atoms with Crippen LogP contribution in [-0.4, -0.2) is 26.5 Å². The molecule has 6 nitrogen and oxygen atoms in total. The number of aromatic nitrogens is 2. The van der Waals surface area contributed by atoms with E-state index in [2.05, 4.69) is 15.7 Å². The van der Waals surface area contributed by atoms with Gasteiger partial charge in [-0.1, -0.05) is 0 Å². The van der Waals surface area contributed by atoms with Crippen LogP contribution in [0.25, 0.3) is 0 Å². The first-order valence-electron chi connectivity index (χ1n) is 9.13. The molecule has 0 unspecified atom stereocenters. The number of nitrogens with one attached hydrogen (secondary N) is 2. The standard InChI is InChI=1S/C11H13N3O.C10H13NO/c1-14-7-6-10(13-14)8-12-9-2-4-11(15)5-3-9;12-10-5-3-9(4-6-10)11-7-8-1-2-8/h2-7,12,15H,8H2,1H3;3-6,8,11-12H,1-2,7H2. The Labute approximate surface area is 159 Å². The molecule has 0 atom stereocenters. The Bertz CT molecular complexity index is 824. The van der Waals surface area contributed by atoms with Gasteiger partial charge in [0.15, 0.2) is 0 Å². The summed E-state index contributed by atoms with van der Waals surface area (Å²) in [5, 5.41) is 28.9. The summed E-state index contributed by atoms with van der Waals surface area (Å²) in [4.78, 5) is 0. The number of hydrogen-bond donors (Lipinski definition) is 4. The number of aromatic hydroxyl groups is 2. The van der Waals surface area contributed by atoms with Gasteiger partial charge in [0.25, 0.3) is 0 Å². The zero-order chi connectivity index (χ0) is 19.1. The molecule has 27 heavy (non-hydrogen) atoms. The van der Waals surface area contributed by atoms with E-state index in [0.717, 1.165) is 29.5 Å². The van der Waals surface area contributed by atoms with Gasteiger partial charge in [-0.2, -0.15) is 5.10 Å². The van der Waals surface area contributed by atoms with E-state index in [1.165, 1.54) is 12.8 Å². The second kappa shape index (κ2) is 8.98. The average molecular weight is 366 g/mol. The van der Waals surface area contributed by atoms with Gasteiger partial charge in [-0.15, -0.1) is 0 Å². The molecule has 0 spiro atoms. The van der Waals surface area contributed by atoms with E-state index in [1.807, 2.05) is 43.6 Å². The minimum atomic E-state index is 0.276. The first kappa shape index (κ1) is 18.6. The van der Waals surface area contributed by atoms with Crippen LogP contribution in [-0.2, 0) is 13.6 Å². The van der Waals surface area contributed by atoms with Crippen molar-refractivity contribution in [3.8, 4) is 11.5 Å². The highest BCUT2D eigenvalue weighted by Crippen LogP contribution is 2.29. The molecule has 1 aliphatic carbocycles. The summed E-state index contributed by atoms with van der Waals surface area (Å²) >= 11 is 0. The van der Waals surface area contributed by atoms with Crippen molar-refractivity contribution < 1.29 is 10.2 Å². The summed E-state index contributed by atoms with van der Waals surface area (Å²) in [5.74, 6) is 1.49. The van der Waals surface area contributed by atoms with Crippen LogP contribution < -0.4 is 10.6 Å². The Hall–Kier alpha value is -3.15. The second-order valence-corrected chi connectivity index (χ2v) is 6.75. The number of phenols is 2. The molecular weight excluding hydrogens is 340 g/mol. The van der Waals surface area contributed by atoms with Gasteiger partial charge in [0.2, 0.25) is 0 Å². The second-order valence-electron chi connectivity index (χ2n) is 6.75. The van der Waals surface area contributed by atoms with E-state index in [0.29, 0.717) is 12.3 Å².